The van der Waals surface area contributed by atoms with Gasteiger partial charge < -0.3 is 26.0 Å². The number of hydrogen-bond acceptors (Lipinski definition) is 7. The number of imidazole rings is 1. The van der Waals surface area contributed by atoms with Gasteiger partial charge in [0, 0.05) is 12.4 Å². The van der Waals surface area contributed by atoms with Crippen LogP contribution >= 0.6 is 0 Å². The Labute approximate surface area is 102 Å². The second-order valence-electron chi connectivity index (χ2n) is 3.58. The molecule has 2 rings (SSSR count). The summed E-state index contributed by atoms with van der Waals surface area (Å²) in [5, 5.41) is 12.1. The van der Waals surface area contributed by atoms with Gasteiger partial charge >= 0.3 is 0 Å². The van der Waals surface area contributed by atoms with Crippen molar-refractivity contribution in [3.63, 3.8) is 0 Å². The van der Waals surface area contributed by atoms with Gasteiger partial charge in [-0.25, -0.2) is 15.8 Å². The van der Waals surface area contributed by atoms with E-state index in [4.69, 9.17) is 11.6 Å². The standard InChI is InChI=1S/C9H13N7O2/c10-7(18)5(17)3-13-8-9-12-1-2-16(9)4-6(14-8)15-11/h1-2,4-5,15,17H,3,11H2,(H2,10,18)(H,13,14). The number of carbonyl (C=O) groups excluding carboxylic acids is 1. The number of nitrogen functional groups attached to an aromatic ring is 1. The predicted octanol–water partition coefficient (Wildman–Crippen LogP) is -1.73. The van der Waals surface area contributed by atoms with E-state index in [2.05, 4.69) is 20.7 Å². The summed E-state index contributed by atoms with van der Waals surface area (Å²) in [4.78, 5) is 18.9. The van der Waals surface area contributed by atoms with Crippen LogP contribution in [0.2, 0.25) is 0 Å². The number of anilines is 2. The van der Waals surface area contributed by atoms with Gasteiger partial charge in [0.1, 0.15) is 6.10 Å². The Balaban J connectivity index is 2.25. The summed E-state index contributed by atoms with van der Waals surface area (Å²) in [5.41, 5.74) is 7.90. The smallest absolute Gasteiger partial charge is 0.248 e. The highest BCUT2D eigenvalue weighted by Gasteiger charge is 2.13. The van der Waals surface area contributed by atoms with Crippen molar-refractivity contribution in [1.29, 1.82) is 0 Å². The van der Waals surface area contributed by atoms with Crippen LogP contribution in [0.25, 0.3) is 5.65 Å². The third-order valence-electron chi connectivity index (χ3n) is 2.31. The van der Waals surface area contributed by atoms with Gasteiger partial charge in [0.15, 0.2) is 17.3 Å². The molecular weight excluding hydrogens is 238 g/mol. The van der Waals surface area contributed by atoms with Gasteiger partial charge in [-0.3, -0.25) is 4.79 Å². The Bertz CT molecular complexity index is 567. The minimum absolute atomic E-state index is 0.0567. The largest absolute Gasteiger partial charge is 0.381 e. The van der Waals surface area contributed by atoms with Crippen molar-refractivity contribution >= 4 is 23.2 Å². The highest BCUT2D eigenvalue weighted by atomic mass is 16.3. The van der Waals surface area contributed by atoms with Crippen molar-refractivity contribution in [1.82, 2.24) is 14.4 Å². The van der Waals surface area contributed by atoms with Gasteiger partial charge in [-0.05, 0) is 0 Å². The fourth-order valence-corrected chi connectivity index (χ4v) is 1.41. The normalized spacial score (nSPS) is 12.3. The second-order valence-corrected chi connectivity index (χ2v) is 3.58. The van der Waals surface area contributed by atoms with Gasteiger partial charge in [-0.1, -0.05) is 0 Å². The molecule has 2 aromatic rings. The third-order valence-corrected chi connectivity index (χ3v) is 2.31. The highest BCUT2D eigenvalue weighted by molar-refractivity contribution is 5.79. The Hall–Kier alpha value is -2.39. The summed E-state index contributed by atoms with van der Waals surface area (Å²) < 4.78 is 1.70. The van der Waals surface area contributed by atoms with E-state index in [-0.39, 0.29) is 6.54 Å². The van der Waals surface area contributed by atoms with Crippen molar-refractivity contribution in [2.45, 2.75) is 6.10 Å². The number of aliphatic hydroxyl groups excluding tert-OH is 1. The number of aliphatic hydroxyl groups is 1. The van der Waals surface area contributed by atoms with Crippen LogP contribution in [0.4, 0.5) is 11.6 Å². The summed E-state index contributed by atoms with van der Waals surface area (Å²) in [7, 11) is 0. The van der Waals surface area contributed by atoms with Crippen molar-refractivity contribution in [3.05, 3.63) is 18.6 Å². The number of carbonyl (C=O) groups is 1. The monoisotopic (exact) mass is 251 g/mol. The predicted molar refractivity (Wildman–Crippen MR) is 64.5 cm³/mol. The molecule has 1 atom stereocenters. The van der Waals surface area contributed by atoms with Crippen LogP contribution in [-0.4, -0.2) is 38.0 Å². The van der Waals surface area contributed by atoms with Gasteiger partial charge in [0.2, 0.25) is 5.91 Å². The lowest BCUT2D eigenvalue weighted by molar-refractivity contribution is -0.125. The van der Waals surface area contributed by atoms with E-state index in [0.29, 0.717) is 17.3 Å². The van der Waals surface area contributed by atoms with Gasteiger partial charge in [-0.15, -0.1) is 0 Å². The topological polar surface area (TPSA) is 144 Å². The first-order valence-corrected chi connectivity index (χ1v) is 5.13. The molecule has 0 aliphatic carbocycles. The van der Waals surface area contributed by atoms with E-state index < -0.39 is 12.0 Å². The average Bonchev–Trinajstić information content (AvgIpc) is 2.83. The molecule has 0 saturated carbocycles. The molecule has 2 aromatic heterocycles. The second kappa shape index (κ2) is 4.85. The molecule has 0 radical (unpaired) electrons. The van der Waals surface area contributed by atoms with Crippen LogP contribution < -0.4 is 22.3 Å². The van der Waals surface area contributed by atoms with Crippen LogP contribution in [0.1, 0.15) is 0 Å². The number of primary amides is 1. The fourth-order valence-electron chi connectivity index (χ4n) is 1.41. The Morgan fingerprint density at radius 2 is 2.39 bits per heavy atom. The summed E-state index contributed by atoms with van der Waals surface area (Å²) in [6.45, 7) is -0.0567. The summed E-state index contributed by atoms with van der Waals surface area (Å²) in [6, 6.07) is 0. The lowest BCUT2D eigenvalue weighted by atomic mass is 10.3. The molecule has 0 aliphatic rings. The Morgan fingerprint density at radius 3 is 3.06 bits per heavy atom. The number of nitrogens with zero attached hydrogens (tertiary/aromatic N) is 3. The molecule has 1 amide bonds. The number of nitrogens with one attached hydrogen (secondary N) is 2. The maximum atomic E-state index is 10.7. The molecule has 96 valence electrons. The van der Waals surface area contributed by atoms with Crippen LogP contribution in [-0.2, 0) is 4.79 Å². The molecule has 0 aliphatic heterocycles. The number of amides is 1. The molecule has 1 unspecified atom stereocenters. The number of fused-ring (bicyclic) bond motifs is 1. The Morgan fingerprint density at radius 1 is 1.61 bits per heavy atom. The van der Waals surface area contributed by atoms with E-state index in [1.54, 1.807) is 23.0 Å². The van der Waals surface area contributed by atoms with Crippen molar-refractivity contribution < 1.29 is 9.90 Å². The van der Waals surface area contributed by atoms with Crippen LogP contribution in [0, 0.1) is 0 Å². The van der Waals surface area contributed by atoms with Gasteiger partial charge in [0.25, 0.3) is 0 Å². The third kappa shape index (κ3) is 2.31. The zero-order valence-corrected chi connectivity index (χ0v) is 9.37. The van der Waals surface area contributed by atoms with E-state index in [1.807, 2.05) is 0 Å². The van der Waals surface area contributed by atoms with Gasteiger partial charge in [-0.2, -0.15) is 0 Å². The number of nitrogens with two attached hydrogens (primary N) is 2. The Kier molecular flexibility index (Phi) is 3.26. The summed E-state index contributed by atoms with van der Waals surface area (Å²) in [5.74, 6) is 5.27. The molecular formula is C9H13N7O2. The molecule has 0 bridgehead atoms. The number of rotatable bonds is 5. The first kappa shape index (κ1) is 12.1. The molecule has 18 heavy (non-hydrogen) atoms. The maximum Gasteiger partial charge on any atom is 0.248 e. The lowest BCUT2D eigenvalue weighted by Gasteiger charge is -2.11. The molecule has 9 nitrogen and oxygen atoms in total. The first-order valence-electron chi connectivity index (χ1n) is 5.13. The lowest BCUT2D eigenvalue weighted by Crippen LogP contribution is -2.34. The van der Waals surface area contributed by atoms with Crippen LogP contribution in [0.5, 0.6) is 0 Å². The zero-order chi connectivity index (χ0) is 13.1. The van der Waals surface area contributed by atoms with Crippen molar-refractivity contribution in [2.75, 3.05) is 17.3 Å². The zero-order valence-electron chi connectivity index (χ0n) is 9.37. The van der Waals surface area contributed by atoms with E-state index in [1.165, 1.54) is 0 Å². The quantitative estimate of drug-likeness (QED) is 0.314. The SMILES string of the molecule is NNc1cn2ccnc2c(NCC(O)C(N)=O)n1. The maximum absolute atomic E-state index is 10.7. The number of hydrazine groups is 1. The minimum atomic E-state index is -1.30. The fraction of sp³-hybridized carbons (Fsp3) is 0.222. The van der Waals surface area contributed by atoms with Gasteiger partial charge in [0.05, 0.1) is 12.7 Å². The molecule has 0 fully saturated rings. The number of aromatic nitrogens is 3. The average molecular weight is 251 g/mol. The van der Waals surface area contributed by atoms with Crippen LogP contribution in [0.3, 0.4) is 0 Å². The molecule has 0 aromatic carbocycles. The van der Waals surface area contributed by atoms with E-state index in [0.717, 1.165) is 0 Å². The number of hydrogen-bond donors (Lipinski definition) is 5. The molecule has 0 saturated heterocycles. The summed E-state index contributed by atoms with van der Waals surface area (Å²) in [6.07, 6.45) is 3.66. The highest BCUT2D eigenvalue weighted by Crippen LogP contribution is 2.15. The molecule has 7 N–H and O–H groups in total. The first-order chi connectivity index (χ1) is 8.61. The summed E-state index contributed by atoms with van der Waals surface area (Å²) >= 11 is 0. The van der Waals surface area contributed by atoms with E-state index in [9.17, 15) is 9.90 Å². The van der Waals surface area contributed by atoms with Crippen molar-refractivity contribution in [3.8, 4) is 0 Å². The molecule has 2 heterocycles. The van der Waals surface area contributed by atoms with Crippen LogP contribution in [0.15, 0.2) is 18.6 Å². The van der Waals surface area contributed by atoms with E-state index >= 15 is 0 Å². The molecule has 9 heteroatoms. The minimum Gasteiger partial charge on any atom is -0.381 e. The molecule has 0 spiro atoms. The van der Waals surface area contributed by atoms with Crippen molar-refractivity contribution in [2.24, 2.45) is 11.6 Å².